The van der Waals surface area contributed by atoms with Crippen LogP contribution < -0.4 is 0 Å². The molecule has 90 valence electrons. The molecule has 0 N–H and O–H groups in total. The molecule has 0 atom stereocenters. The van der Waals surface area contributed by atoms with Gasteiger partial charge in [-0.15, -0.1) is 0 Å². The van der Waals surface area contributed by atoms with Crippen LogP contribution in [0.5, 0.6) is 0 Å². The van der Waals surface area contributed by atoms with Gasteiger partial charge in [0.1, 0.15) is 0 Å². The first-order chi connectivity index (χ1) is 8.17. The summed E-state index contributed by atoms with van der Waals surface area (Å²) in [5.41, 5.74) is 1.19. The Morgan fingerprint density at radius 1 is 1.12 bits per heavy atom. The molecule has 0 radical (unpaired) electrons. The van der Waals surface area contributed by atoms with Gasteiger partial charge in [-0.1, -0.05) is 30.3 Å². The van der Waals surface area contributed by atoms with Crippen molar-refractivity contribution in [3.63, 3.8) is 0 Å². The molecule has 0 aliphatic rings. The number of ether oxygens (including phenoxy) is 2. The minimum absolute atomic E-state index is 0.269. The quantitative estimate of drug-likeness (QED) is 0.585. The van der Waals surface area contributed by atoms with Gasteiger partial charge < -0.3 is 9.47 Å². The third-order valence-corrected chi connectivity index (χ3v) is 2.18. The maximum atomic E-state index is 11.5. The van der Waals surface area contributed by atoms with Crippen LogP contribution in [0.15, 0.2) is 42.0 Å². The molecule has 1 aromatic rings. The summed E-state index contributed by atoms with van der Waals surface area (Å²) < 4.78 is 9.10. The molecular formula is C13H14O4. The second kappa shape index (κ2) is 6.48. The maximum Gasteiger partial charge on any atom is 0.334 e. The van der Waals surface area contributed by atoms with E-state index in [-0.39, 0.29) is 5.57 Å². The highest BCUT2D eigenvalue weighted by molar-refractivity contribution is 5.96. The molecule has 0 aromatic heterocycles. The molecule has 17 heavy (non-hydrogen) atoms. The summed E-state index contributed by atoms with van der Waals surface area (Å²) in [7, 11) is 2.54. The van der Waals surface area contributed by atoms with Crippen LogP contribution in [0, 0.1) is 0 Å². The van der Waals surface area contributed by atoms with Crippen molar-refractivity contribution in [2.75, 3.05) is 14.2 Å². The van der Waals surface area contributed by atoms with E-state index in [2.05, 4.69) is 9.47 Å². The second-order valence-corrected chi connectivity index (χ2v) is 3.35. The molecule has 1 rings (SSSR count). The number of rotatable bonds is 4. The SMILES string of the molecule is COC(=O)/C=C(\Cc1ccccc1)C(=O)OC. The van der Waals surface area contributed by atoms with Crippen LogP contribution in [-0.4, -0.2) is 26.2 Å². The van der Waals surface area contributed by atoms with E-state index < -0.39 is 11.9 Å². The zero-order valence-corrected chi connectivity index (χ0v) is 9.80. The van der Waals surface area contributed by atoms with Crippen LogP contribution in [0.4, 0.5) is 0 Å². The van der Waals surface area contributed by atoms with Crippen LogP contribution in [0.2, 0.25) is 0 Å². The zero-order chi connectivity index (χ0) is 12.7. The Balaban J connectivity index is 2.89. The lowest BCUT2D eigenvalue weighted by Gasteiger charge is -2.05. The highest BCUT2D eigenvalue weighted by Gasteiger charge is 2.12. The van der Waals surface area contributed by atoms with E-state index in [0.29, 0.717) is 6.42 Å². The highest BCUT2D eigenvalue weighted by Crippen LogP contribution is 2.09. The first-order valence-electron chi connectivity index (χ1n) is 5.08. The lowest BCUT2D eigenvalue weighted by atomic mass is 10.1. The summed E-state index contributed by atoms with van der Waals surface area (Å²) in [5.74, 6) is -1.10. The number of benzene rings is 1. The minimum Gasteiger partial charge on any atom is -0.466 e. The van der Waals surface area contributed by atoms with Gasteiger partial charge in [0.2, 0.25) is 0 Å². The van der Waals surface area contributed by atoms with E-state index in [1.54, 1.807) is 0 Å². The molecule has 0 saturated carbocycles. The molecule has 4 nitrogen and oxygen atoms in total. The van der Waals surface area contributed by atoms with Crippen LogP contribution in [0.25, 0.3) is 0 Å². The Morgan fingerprint density at radius 3 is 2.29 bits per heavy atom. The van der Waals surface area contributed by atoms with Crippen molar-refractivity contribution in [1.82, 2.24) is 0 Å². The fourth-order valence-corrected chi connectivity index (χ4v) is 1.33. The van der Waals surface area contributed by atoms with Gasteiger partial charge in [-0.2, -0.15) is 0 Å². The van der Waals surface area contributed by atoms with Gasteiger partial charge in [0.05, 0.1) is 14.2 Å². The number of carbonyl (C=O) groups is 2. The standard InChI is InChI=1S/C13H14O4/c1-16-12(14)9-11(13(15)17-2)8-10-6-4-3-5-7-10/h3-7,9H,8H2,1-2H3/b11-9+. The molecule has 0 amide bonds. The van der Waals surface area contributed by atoms with Crippen LogP contribution >= 0.6 is 0 Å². The molecule has 0 fully saturated rings. The minimum atomic E-state index is -0.568. The summed E-state index contributed by atoms with van der Waals surface area (Å²) in [5, 5.41) is 0. The van der Waals surface area contributed by atoms with Gasteiger partial charge >= 0.3 is 11.9 Å². The lowest BCUT2D eigenvalue weighted by molar-refractivity contribution is -0.138. The molecule has 0 aliphatic carbocycles. The number of hydrogen-bond donors (Lipinski definition) is 0. The smallest absolute Gasteiger partial charge is 0.334 e. The third kappa shape index (κ3) is 4.10. The van der Waals surface area contributed by atoms with Crippen molar-refractivity contribution < 1.29 is 19.1 Å². The van der Waals surface area contributed by atoms with Crippen LogP contribution in [0.1, 0.15) is 5.56 Å². The van der Waals surface area contributed by atoms with Gasteiger partial charge in [0.15, 0.2) is 0 Å². The van der Waals surface area contributed by atoms with E-state index in [1.165, 1.54) is 14.2 Å². The van der Waals surface area contributed by atoms with Gasteiger partial charge in [0.25, 0.3) is 0 Å². The summed E-state index contributed by atoms with van der Waals surface area (Å²) in [6.45, 7) is 0. The normalized spacial score (nSPS) is 10.8. The molecule has 0 heterocycles. The zero-order valence-electron chi connectivity index (χ0n) is 9.80. The fraction of sp³-hybridized carbons (Fsp3) is 0.231. The Hall–Kier alpha value is -2.10. The molecule has 0 bridgehead atoms. The molecule has 0 saturated heterocycles. The molecule has 4 heteroatoms. The summed E-state index contributed by atoms with van der Waals surface area (Å²) in [6, 6.07) is 9.35. The lowest BCUT2D eigenvalue weighted by Crippen LogP contribution is -2.10. The predicted molar refractivity (Wildman–Crippen MR) is 62.3 cm³/mol. The Labute approximate surface area is 99.8 Å². The van der Waals surface area contributed by atoms with Crippen molar-refractivity contribution in [2.45, 2.75) is 6.42 Å². The third-order valence-electron chi connectivity index (χ3n) is 2.18. The second-order valence-electron chi connectivity index (χ2n) is 3.35. The summed E-state index contributed by atoms with van der Waals surface area (Å²) >= 11 is 0. The van der Waals surface area contributed by atoms with Crippen molar-refractivity contribution in [3.8, 4) is 0 Å². The Bertz CT molecular complexity index is 420. The maximum absolute atomic E-state index is 11.5. The van der Waals surface area contributed by atoms with E-state index in [0.717, 1.165) is 11.6 Å². The number of carbonyl (C=O) groups excluding carboxylic acids is 2. The molecule has 0 aliphatic heterocycles. The summed E-state index contributed by atoms with van der Waals surface area (Å²) in [6.07, 6.45) is 1.49. The number of hydrogen-bond acceptors (Lipinski definition) is 4. The van der Waals surface area contributed by atoms with Crippen molar-refractivity contribution in [3.05, 3.63) is 47.5 Å². The molecule has 1 aromatic carbocycles. The topological polar surface area (TPSA) is 52.6 Å². The van der Waals surface area contributed by atoms with Gasteiger partial charge in [-0.05, 0) is 5.56 Å². The van der Waals surface area contributed by atoms with E-state index in [9.17, 15) is 9.59 Å². The van der Waals surface area contributed by atoms with Crippen molar-refractivity contribution >= 4 is 11.9 Å². The van der Waals surface area contributed by atoms with Crippen LogP contribution in [-0.2, 0) is 25.5 Å². The largest absolute Gasteiger partial charge is 0.466 e. The highest BCUT2D eigenvalue weighted by atomic mass is 16.5. The van der Waals surface area contributed by atoms with Crippen LogP contribution in [0.3, 0.4) is 0 Å². The monoisotopic (exact) mass is 234 g/mol. The van der Waals surface area contributed by atoms with E-state index >= 15 is 0 Å². The van der Waals surface area contributed by atoms with Gasteiger partial charge in [-0.25, -0.2) is 9.59 Å². The van der Waals surface area contributed by atoms with Crippen molar-refractivity contribution in [2.24, 2.45) is 0 Å². The molecular weight excluding hydrogens is 220 g/mol. The van der Waals surface area contributed by atoms with Gasteiger partial charge in [-0.3, -0.25) is 0 Å². The first-order valence-corrected chi connectivity index (χ1v) is 5.08. The van der Waals surface area contributed by atoms with E-state index in [1.807, 2.05) is 30.3 Å². The van der Waals surface area contributed by atoms with Crippen molar-refractivity contribution in [1.29, 1.82) is 0 Å². The average Bonchev–Trinajstić information content (AvgIpc) is 2.38. The molecule has 0 unspecified atom stereocenters. The Kier molecular flexibility index (Phi) is 4.94. The summed E-state index contributed by atoms with van der Waals surface area (Å²) in [4.78, 5) is 22.6. The number of esters is 2. The number of methoxy groups -OCH3 is 2. The Morgan fingerprint density at radius 2 is 1.76 bits per heavy atom. The first kappa shape index (κ1) is 13.0. The van der Waals surface area contributed by atoms with Gasteiger partial charge in [0, 0.05) is 18.1 Å². The molecule has 0 spiro atoms. The fourth-order valence-electron chi connectivity index (χ4n) is 1.33. The predicted octanol–water partition coefficient (Wildman–Crippen LogP) is 1.50. The average molecular weight is 234 g/mol. The van der Waals surface area contributed by atoms with E-state index in [4.69, 9.17) is 0 Å².